The molecule has 0 fully saturated rings. The maximum absolute atomic E-state index is 10.7. The molecule has 0 amide bonds. The Hall–Kier alpha value is -3.85. The number of aryl methyl sites for hydroxylation is 2. The molecule has 156 valence electrons. The Morgan fingerprint density at radius 3 is 1.90 bits per heavy atom. The molecule has 0 aliphatic carbocycles. The van der Waals surface area contributed by atoms with Gasteiger partial charge in [-0.1, -0.05) is 48.1 Å². The zero-order valence-electron chi connectivity index (χ0n) is 15.7. The van der Waals surface area contributed by atoms with Crippen molar-refractivity contribution in [2.75, 3.05) is 0 Å². The Balaban J connectivity index is 0.000000207. The number of aliphatic hydroxyl groups excluding tert-OH is 1. The van der Waals surface area contributed by atoms with E-state index in [-0.39, 0.29) is 19.6 Å². The van der Waals surface area contributed by atoms with Gasteiger partial charge in [0, 0.05) is 25.0 Å². The van der Waals surface area contributed by atoms with E-state index >= 15 is 0 Å². The Labute approximate surface area is 173 Å². The molecule has 0 spiro atoms. The number of benzene rings is 2. The number of hydrogen-bond donors (Lipinski definition) is 2. The topological polar surface area (TPSA) is 135 Å². The van der Waals surface area contributed by atoms with Crippen LogP contribution in [0, 0.1) is 13.8 Å². The lowest BCUT2D eigenvalue weighted by Gasteiger charge is -1.97. The van der Waals surface area contributed by atoms with Gasteiger partial charge >= 0.3 is 5.97 Å². The maximum atomic E-state index is 10.7. The minimum atomic E-state index is -0.975. The first kappa shape index (κ1) is 22.4. The minimum Gasteiger partial charge on any atom is -0.478 e. The van der Waals surface area contributed by atoms with Crippen molar-refractivity contribution in [3.8, 4) is 22.8 Å². The summed E-state index contributed by atoms with van der Waals surface area (Å²) in [5.74, 6) is 0.964. The number of aromatic carboxylic acids is 1. The average Bonchev–Trinajstić information content (AvgIpc) is 3.37. The number of carboxylic acids is 1. The number of carboxylic acid groups (broad SMARTS) is 1. The molecule has 0 aliphatic rings. The molecule has 2 N–H and O–H groups in total. The second-order valence-electron chi connectivity index (χ2n) is 6.02. The van der Waals surface area contributed by atoms with Crippen molar-refractivity contribution in [3.05, 3.63) is 71.4 Å². The molecule has 4 rings (SSSR count). The van der Waals surface area contributed by atoms with E-state index in [0.29, 0.717) is 29.0 Å². The summed E-state index contributed by atoms with van der Waals surface area (Å²) >= 11 is 0. The summed E-state index contributed by atoms with van der Waals surface area (Å²) in [5.41, 5.74) is 2.53. The molecule has 0 bridgehead atoms. The highest BCUT2D eigenvalue weighted by Gasteiger charge is 2.09. The van der Waals surface area contributed by atoms with Gasteiger partial charge in [-0.15, -0.1) is 0 Å². The van der Waals surface area contributed by atoms with Crippen LogP contribution in [0.3, 0.4) is 0 Å². The van der Waals surface area contributed by atoms with Gasteiger partial charge < -0.3 is 19.3 Å². The summed E-state index contributed by atoms with van der Waals surface area (Å²) in [5, 5.41) is 25.2. The summed E-state index contributed by atoms with van der Waals surface area (Å²) < 4.78 is 9.68. The van der Waals surface area contributed by atoms with Crippen LogP contribution >= 0.6 is 0 Å². The van der Waals surface area contributed by atoms with E-state index in [0.717, 1.165) is 11.1 Å². The quantitative estimate of drug-likeness (QED) is 0.513. The smallest absolute Gasteiger partial charge is 0.335 e. The van der Waals surface area contributed by atoms with Crippen molar-refractivity contribution in [2.24, 2.45) is 0 Å². The molecule has 30 heavy (non-hydrogen) atoms. The van der Waals surface area contributed by atoms with E-state index in [2.05, 4.69) is 20.3 Å². The molecule has 2 aromatic carbocycles. The fraction of sp³-hybridized carbons (Fsp3) is 0.190. The van der Waals surface area contributed by atoms with Crippen LogP contribution in [0.4, 0.5) is 0 Å². The average molecular weight is 410 g/mol. The first-order valence-electron chi connectivity index (χ1n) is 8.61. The number of nitrogens with zero attached hydrogens (tertiary/aromatic N) is 4. The van der Waals surface area contributed by atoms with Gasteiger partial charge in [-0.05, 0) is 23.8 Å². The van der Waals surface area contributed by atoms with Crippen molar-refractivity contribution < 1.29 is 24.1 Å². The normalized spacial score (nSPS) is 9.97. The lowest BCUT2D eigenvalue weighted by molar-refractivity contribution is 0.0697. The van der Waals surface area contributed by atoms with Crippen molar-refractivity contribution in [3.63, 3.8) is 0 Å². The predicted molar refractivity (Wildman–Crippen MR) is 109 cm³/mol. The molecule has 2 aromatic heterocycles. The highest BCUT2D eigenvalue weighted by atomic mass is 16.5. The van der Waals surface area contributed by atoms with E-state index in [1.54, 1.807) is 26.0 Å². The van der Waals surface area contributed by atoms with Crippen LogP contribution in [0.15, 0.2) is 57.6 Å². The fourth-order valence-electron chi connectivity index (χ4n) is 2.43. The van der Waals surface area contributed by atoms with Crippen molar-refractivity contribution >= 4 is 5.97 Å². The van der Waals surface area contributed by atoms with Gasteiger partial charge in [0.05, 0.1) is 12.2 Å². The number of rotatable bonds is 4. The van der Waals surface area contributed by atoms with Crippen LogP contribution in [0.1, 0.15) is 35.1 Å². The summed E-state index contributed by atoms with van der Waals surface area (Å²) in [7, 11) is 0. The monoisotopic (exact) mass is 410 g/mol. The third-order valence-electron chi connectivity index (χ3n) is 3.79. The second kappa shape index (κ2) is 10.1. The Bertz CT molecular complexity index is 1120. The van der Waals surface area contributed by atoms with Gasteiger partial charge in [0.25, 0.3) is 0 Å². The summed E-state index contributed by atoms with van der Waals surface area (Å²) in [6.07, 6.45) is 0. The molecule has 4 aromatic rings. The maximum Gasteiger partial charge on any atom is 0.335 e. The SMILES string of the molecule is C.Cc1nc(-c2cccc(C(=O)O)c2)no1.Cc1nc(-c2cccc(CO)c2)no1. The Morgan fingerprint density at radius 1 is 0.900 bits per heavy atom. The highest BCUT2D eigenvalue weighted by molar-refractivity contribution is 5.89. The molecule has 0 saturated carbocycles. The molecule has 9 nitrogen and oxygen atoms in total. The first-order valence-corrected chi connectivity index (χ1v) is 8.61. The summed E-state index contributed by atoms with van der Waals surface area (Å²) in [4.78, 5) is 18.8. The number of hydrogen-bond acceptors (Lipinski definition) is 8. The molecule has 0 radical (unpaired) electrons. The van der Waals surface area contributed by atoms with E-state index in [1.165, 1.54) is 12.1 Å². The van der Waals surface area contributed by atoms with Crippen LogP contribution in [0.2, 0.25) is 0 Å². The summed E-state index contributed by atoms with van der Waals surface area (Å²) in [6.45, 7) is 3.44. The Morgan fingerprint density at radius 2 is 1.43 bits per heavy atom. The number of aliphatic hydroxyl groups is 1. The first-order chi connectivity index (χ1) is 14.0. The molecule has 0 atom stereocenters. The van der Waals surface area contributed by atoms with Gasteiger partial charge in [0.1, 0.15) is 0 Å². The van der Waals surface area contributed by atoms with Gasteiger partial charge in [-0.25, -0.2) is 4.79 Å². The van der Waals surface area contributed by atoms with Crippen LogP contribution in [0.25, 0.3) is 22.8 Å². The third-order valence-corrected chi connectivity index (χ3v) is 3.79. The van der Waals surface area contributed by atoms with Crippen LogP contribution in [-0.2, 0) is 6.61 Å². The predicted octanol–water partition coefficient (Wildman–Crippen LogP) is 3.92. The Kier molecular flexibility index (Phi) is 7.54. The van der Waals surface area contributed by atoms with Gasteiger partial charge in [-0.3, -0.25) is 0 Å². The van der Waals surface area contributed by atoms with Gasteiger partial charge in [0.15, 0.2) is 0 Å². The third kappa shape index (κ3) is 5.58. The number of aromatic nitrogens is 4. The van der Waals surface area contributed by atoms with Crippen LogP contribution in [0.5, 0.6) is 0 Å². The van der Waals surface area contributed by atoms with Gasteiger partial charge in [-0.2, -0.15) is 9.97 Å². The number of carbonyl (C=O) groups is 1. The molecule has 9 heteroatoms. The summed E-state index contributed by atoms with van der Waals surface area (Å²) in [6, 6.07) is 13.8. The molecule has 0 aliphatic heterocycles. The molecular formula is C21H22N4O5. The largest absolute Gasteiger partial charge is 0.478 e. The zero-order chi connectivity index (χ0) is 20.8. The van der Waals surface area contributed by atoms with E-state index in [1.807, 2.05) is 24.3 Å². The fourth-order valence-corrected chi connectivity index (χ4v) is 2.43. The second-order valence-corrected chi connectivity index (χ2v) is 6.02. The standard InChI is InChI=1S/C10H8N2O3.C10H10N2O2.CH4/c1-6-11-9(12-15-6)7-3-2-4-8(5-7)10(13)14;1-7-11-10(12-14-7)9-4-2-3-8(5-9)6-13;/h2-5H,1H3,(H,13,14);2-5,13H,6H2,1H3;1H4. The van der Waals surface area contributed by atoms with Crippen LogP contribution in [-0.4, -0.2) is 36.5 Å². The van der Waals surface area contributed by atoms with Gasteiger partial charge in [0.2, 0.25) is 23.4 Å². The lowest BCUT2D eigenvalue weighted by Crippen LogP contribution is -1.96. The van der Waals surface area contributed by atoms with E-state index in [9.17, 15) is 4.79 Å². The van der Waals surface area contributed by atoms with Crippen LogP contribution < -0.4 is 0 Å². The van der Waals surface area contributed by atoms with Crippen molar-refractivity contribution in [1.29, 1.82) is 0 Å². The van der Waals surface area contributed by atoms with Crippen molar-refractivity contribution in [1.82, 2.24) is 20.3 Å². The molecule has 0 unspecified atom stereocenters. The lowest BCUT2D eigenvalue weighted by atomic mass is 10.1. The highest BCUT2D eigenvalue weighted by Crippen LogP contribution is 2.18. The van der Waals surface area contributed by atoms with E-state index < -0.39 is 5.97 Å². The minimum absolute atomic E-state index is 0. The molecule has 2 heterocycles. The van der Waals surface area contributed by atoms with E-state index in [4.69, 9.17) is 19.3 Å². The molecular weight excluding hydrogens is 388 g/mol. The van der Waals surface area contributed by atoms with Crippen molar-refractivity contribution in [2.45, 2.75) is 27.9 Å². The zero-order valence-corrected chi connectivity index (χ0v) is 15.7. The molecule has 0 saturated heterocycles.